The van der Waals surface area contributed by atoms with Crippen molar-refractivity contribution < 1.29 is 4.74 Å². The van der Waals surface area contributed by atoms with Crippen LogP contribution in [0.2, 0.25) is 0 Å². The standard InChI is InChI=1S/C6H14OS/c1-4-7-5-6-8(2)3/h2,4-6H2,1,3H3. The predicted octanol–water partition coefficient (Wildman–Crippen LogP) is 1.06. The zero-order valence-electron chi connectivity index (χ0n) is 5.64. The van der Waals surface area contributed by atoms with Crippen LogP contribution < -0.4 is 0 Å². The Kier molecular flexibility index (Phi) is 5.66. The summed E-state index contributed by atoms with van der Waals surface area (Å²) in [5.41, 5.74) is 0. The average Bonchev–Trinajstić information content (AvgIpc) is 1.66. The maximum atomic E-state index is 5.11. The van der Waals surface area contributed by atoms with Crippen molar-refractivity contribution in [3.8, 4) is 0 Å². The maximum Gasteiger partial charge on any atom is 0.102 e. The molecule has 1 atom stereocenters. The number of rotatable bonds is 4. The first-order chi connectivity index (χ1) is 3.77. The summed E-state index contributed by atoms with van der Waals surface area (Å²) in [6, 6.07) is 0. The van der Waals surface area contributed by atoms with E-state index in [1.54, 1.807) is 0 Å². The summed E-state index contributed by atoms with van der Waals surface area (Å²) in [5.74, 6) is 1.10. The van der Waals surface area contributed by atoms with Crippen molar-refractivity contribution in [1.29, 1.82) is 0 Å². The number of hydrogen-bond donors (Lipinski definition) is 0. The van der Waals surface area contributed by atoms with Crippen molar-refractivity contribution in [2.24, 2.45) is 0 Å². The Hall–Kier alpha value is 0.310. The van der Waals surface area contributed by atoms with Gasteiger partial charge in [0.25, 0.3) is 0 Å². The minimum Gasteiger partial charge on any atom is -0.377 e. The summed E-state index contributed by atoms with van der Waals surface area (Å²) in [5, 5.41) is 0. The molecule has 0 bridgehead atoms. The van der Waals surface area contributed by atoms with Gasteiger partial charge in [0.05, 0.1) is 12.9 Å². The van der Waals surface area contributed by atoms with Crippen molar-refractivity contribution in [1.82, 2.24) is 0 Å². The molecule has 8 heavy (non-hydrogen) atoms. The highest BCUT2D eigenvalue weighted by molar-refractivity contribution is 7.97. The highest BCUT2D eigenvalue weighted by Gasteiger charge is 1.91. The molecule has 50 valence electrons. The predicted molar refractivity (Wildman–Crippen MR) is 40.0 cm³/mol. The molecule has 0 heterocycles. The molecule has 0 aromatic rings. The van der Waals surface area contributed by atoms with Gasteiger partial charge in [-0.15, -0.1) is 6.26 Å². The quantitative estimate of drug-likeness (QED) is 0.317. The van der Waals surface area contributed by atoms with Crippen LogP contribution >= 0.6 is 0 Å². The van der Waals surface area contributed by atoms with E-state index < -0.39 is 0 Å². The molecule has 0 saturated heterocycles. The van der Waals surface area contributed by atoms with Crippen molar-refractivity contribution >= 4 is 10.9 Å². The molecular formula is C6H14OS. The van der Waals surface area contributed by atoms with E-state index in [9.17, 15) is 0 Å². The summed E-state index contributed by atoms with van der Waals surface area (Å²) >= 11 is 0. The van der Waals surface area contributed by atoms with E-state index in [-0.39, 0.29) is 0 Å². The van der Waals surface area contributed by atoms with Crippen molar-refractivity contribution in [2.75, 3.05) is 25.2 Å². The second kappa shape index (κ2) is 5.45. The number of hydrogen-bond acceptors (Lipinski definition) is 1. The number of ether oxygens (including phenoxy) is 1. The Morgan fingerprint density at radius 1 is 1.62 bits per heavy atom. The van der Waals surface area contributed by atoms with Gasteiger partial charge in [0.1, 0.15) is 5.75 Å². The van der Waals surface area contributed by atoms with Crippen molar-refractivity contribution in [3.05, 3.63) is 6.26 Å². The lowest BCUT2D eigenvalue weighted by Crippen LogP contribution is -2.07. The molecule has 0 aliphatic rings. The molecule has 0 aromatic heterocycles. The first kappa shape index (κ1) is 8.31. The largest absolute Gasteiger partial charge is 0.377 e. The van der Waals surface area contributed by atoms with Gasteiger partial charge in [0.2, 0.25) is 0 Å². The molecule has 0 aliphatic carbocycles. The van der Waals surface area contributed by atoms with Gasteiger partial charge in [-0.1, -0.05) is 0 Å². The monoisotopic (exact) mass is 134 g/mol. The minimum atomic E-state index is 0.308. The second-order valence-corrected chi connectivity index (χ2v) is 3.65. The topological polar surface area (TPSA) is 9.23 Å². The van der Waals surface area contributed by atoms with Gasteiger partial charge < -0.3 is 4.74 Å². The fourth-order valence-electron chi connectivity index (χ4n) is 0.346. The minimum absolute atomic E-state index is 0.308. The third kappa shape index (κ3) is 6.31. The van der Waals surface area contributed by atoms with Gasteiger partial charge in [-0.3, -0.25) is 0 Å². The molecule has 0 fully saturated rings. The summed E-state index contributed by atoms with van der Waals surface area (Å²) in [7, 11) is 0.308. The molecule has 1 unspecified atom stereocenters. The smallest absolute Gasteiger partial charge is 0.102 e. The Bertz CT molecular complexity index is 45.8. The van der Waals surface area contributed by atoms with Crippen molar-refractivity contribution in [3.63, 3.8) is 0 Å². The van der Waals surface area contributed by atoms with E-state index in [1.807, 2.05) is 6.92 Å². The summed E-state index contributed by atoms with van der Waals surface area (Å²) < 4.78 is 5.11. The van der Waals surface area contributed by atoms with Gasteiger partial charge in [0.15, 0.2) is 0 Å². The van der Waals surface area contributed by atoms with Crippen LogP contribution in [0.3, 0.4) is 0 Å². The molecule has 0 amide bonds. The van der Waals surface area contributed by atoms with E-state index in [1.165, 1.54) is 0 Å². The lowest BCUT2D eigenvalue weighted by Gasteiger charge is -2.01. The molecule has 0 N–H and O–H groups in total. The Balaban J connectivity index is 2.72. The zero-order valence-corrected chi connectivity index (χ0v) is 6.46. The van der Waals surface area contributed by atoms with Crippen LogP contribution in [0.1, 0.15) is 6.92 Å². The van der Waals surface area contributed by atoms with Gasteiger partial charge in [-0.05, 0) is 6.92 Å². The molecule has 0 rings (SSSR count). The molecule has 0 radical (unpaired) electrons. The van der Waals surface area contributed by atoms with Crippen LogP contribution in [0.4, 0.5) is 0 Å². The van der Waals surface area contributed by atoms with Gasteiger partial charge in [-0.25, -0.2) is 0 Å². The first-order valence-corrected chi connectivity index (χ1v) is 4.74. The Morgan fingerprint density at radius 2 is 2.25 bits per heavy atom. The highest BCUT2D eigenvalue weighted by Crippen LogP contribution is 1.85. The molecule has 2 heteroatoms. The summed E-state index contributed by atoms with van der Waals surface area (Å²) in [6.45, 7) is 3.72. The third-order valence-corrected chi connectivity index (χ3v) is 1.64. The lowest BCUT2D eigenvalue weighted by molar-refractivity contribution is 0.164. The molecule has 1 nitrogen and oxygen atoms in total. The Morgan fingerprint density at radius 3 is 2.62 bits per heavy atom. The Labute approximate surface area is 54.8 Å². The van der Waals surface area contributed by atoms with Crippen LogP contribution in [-0.2, 0) is 15.6 Å². The van der Waals surface area contributed by atoms with Crippen LogP contribution in [-0.4, -0.2) is 25.2 Å². The SMILES string of the molecule is [CH2-][S+](C)CCOCC. The van der Waals surface area contributed by atoms with E-state index in [0.29, 0.717) is 10.9 Å². The summed E-state index contributed by atoms with van der Waals surface area (Å²) in [6.07, 6.45) is 5.98. The summed E-state index contributed by atoms with van der Waals surface area (Å²) in [4.78, 5) is 0. The normalized spacial score (nSPS) is 13.9. The van der Waals surface area contributed by atoms with Crippen molar-refractivity contribution in [2.45, 2.75) is 6.92 Å². The molecule has 0 aromatic carbocycles. The third-order valence-electron chi connectivity index (χ3n) is 0.780. The van der Waals surface area contributed by atoms with Gasteiger partial charge in [0, 0.05) is 6.61 Å². The van der Waals surface area contributed by atoms with Crippen LogP contribution in [0, 0.1) is 6.26 Å². The average molecular weight is 134 g/mol. The zero-order chi connectivity index (χ0) is 6.41. The van der Waals surface area contributed by atoms with E-state index in [0.717, 1.165) is 19.0 Å². The second-order valence-electron chi connectivity index (χ2n) is 1.68. The maximum absolute atomic E-state index is 5.11. The van der Waals surface area contributed by atoms with E-state index >= 15 is 0 Å². The van der Waals surface area contributed by atoms with Crippen LogP contribution in [0.15, 0.2) is 0 Å². The van der Waals surface area contributed by atoms with Crippen LogP contribution in [0.25, 0.3) is 0 Å². The highest BCUT2D eigenvalue weighted by atomic mass is 32.2. The fraction of sp³-hybridized carbons (Fsp3) is 0.833. The molecule has 0 spiro atoms. The lowest BCUT2D eigenvalue weighted by atomic mass is 10.8. The van der Waals surface area contributed by atoms with Gasteiger partial charge in [-0.2, -0.15) is 10.9 Å². The van der Waals surface area contributed by atoms with E-state index in [4.69, 9.17) is 4.74 Å². The van der Waals surface area contributed by atoms with Gasteiger partial charge >= 0.3 is 0 Å². The fourth-order valence-corrected chi connectivity index (χ4v) is 0.748. The molecular weight excluding hydrogens is 120 g/mol. The molecule has 0 aliphatic heterocycles. The molecule has 0 saturated carbocycles. The first-order valence-electron chi connectivity index (χ1n) is 2.77. The van der Waals surface area contributed by atoms with E-state index in [2.05, 4.69) is 12.5 Å². The van der Waals surface area contributed by atoms with Crippen LogP contribution in [0.5, 0.6) is 0 Å².